The van der Waals surface area contributed by atoms with E-state index in [1.165, 1.54) is 0 Å². The Balaban J connectivity index is 1.49. The Labute approximate surface area is 163 Å². The van der Waals surface area contributed by atoms with Crippen molar-refractivity contribution in [2.24, 2.45) is 0 Å². The number of hydrogen-bond donors (Lipinski definition) is 1. The molecule has 0 aliphatic carbocycles. The molecule has 1 N–H and O–H groups in total. The second-order valence-corrected chi connectivity index (χ2v) is 6.85. The van der Waals surface area contributed by atoms with Crippen LogP contribution in [-0.4, -0.2) is 51.0 Å². The Morgan fingerprint density at radius 2 is 1.93 bits per heavy atom. The SMILES string of the molecule is C[C@@H]1CN(c2ccc(C(=O)Nc3cccnc3-n3cccn3)cn2)C[C@H](C)O1. The highest BCUT2D eigenvalue weighted by molar-refractivity contribution is 6.05. The number of rotatable bonds is 4. The number of aromatic nitrogens is 4. The van der Waals surface area contributed by atoms with Gasteiger partial charge in [0.25, 0.3) is 5.91 Å². The van der Waals surface area contributed by atoms with E-state index in [1.807, 2.05) is 6.07 Å². The molecule has 2 atom stereocenters. The summed E-state index contributed by atoms with van der Waals surface area (Å²) in [6, 6.07) is 9.02. The van der Waals surface area contributed by atoms with E-state index in [0.717, 1.165) is 18.9 Å². The second kappa shape index (κ2) is 7.77. The van der Waals surface area contributed by atoms with Gasteiger partial charge < -0.3 is 15.0 Å². The topological polar surface area (TPSA) is 85.2 Å². The second-order valence-electron chi connectivity index (χ2n) is 6.85. The van der Waals surface area contributed by atoms with E-state index in [-0.39, 0.29) is 18.1 Å². The van der Waals surface area contributed by atoms with E-state index in [4.69, 9.17) is 4.74 Å². The molecule has 1 aliphatic heterocycles. The Bertz CT molecular complexity index is 932. The first-order valence-electron chi connectivity index (χ1n) is 9.23. The average Bonchev–Trinajstić information content (AvgIpc) is 3.22. The van der Waals surface area contributed by atoms with E-state index in [0.29, 0.717) is 17.1 Å². The van der Waals surface area contributed by atoms with Crippen molar-refractivity contribution in [3.63, 3.8) is 0 Å². The summed E-state index contributed by atoms with van der Waals surface area (Å²) in [5, 5.41) is 7.07. The highest BCUT2D eigenvalue weighted by Crippen LogP contribution is 2.20. The molecule has 144 valence electrons. The molecule has 8 heteroatoms. The van der Waals surface area contributed by atoms with Crippen molar-refractivity contribution in [1.29, 1.82) is 0 Å². The summed E-state index contributed by atoms with van der Waals surface area (Å²) in [6.45, 7) is 5.67. The van der Waals surface area contributed by atoms with Crippen molar-refractivity contribution >= 4 is 17.4 Å². The molecule has 0 saturated carbocycles. The summed E-state index contributed by atoms with van der Waals surface area (Å²) in [4.78, 5) is 23.7. The molecule has 1 fully saturated rings. The number of nitrogens with zero attached hydrogens (tertiary/aromatic N) is 5. The minimum Gasteiger partial charge on any atom is -0.372 e. The summed E-state index contributed by atoms with van der Waals surface area (Å²) >= 11 is 0. The largest absolute Gasteiger partial charge is 0.372 e. The maximum Gasteiger partial charge on any atom is 0.257 e. The monoisotopic (exact) mass is 378 g/mol. The normalized spacial score (nSPS) is 19.4. The smallest absolute Gasteiger partial charge is 0.257 e. The molecule has 1 saturated heterocycles. The zero-order chi connectivity index (χ0) is 19.5. The van der Waals surface area contributed by atoms with Crippen LogP contribution >= 0.6 is 0 Å². The number of pyridine rings is 2. The molecule has 4 rings (SSSR count). The molecular weight excluding hydrogens is 356 g/mol. The molecule has 0 unspecified atom stereocenters. The summed E-state index contributed by atoms with van der Waals surface area (Å²) in [5.74, 6) is 1.16. The summed E-state index contributed by atoms with van der Waals surface area (Å²) < 4.78 is 7.37. The van der Waals surface area contributed by atoms with Gasteiger partial charge in [-0.1, -0.05) is 0 Å². The third kappa shape index (κ3) is 3.86. The summed E-state index contributed by atoms with van der Waals surface area (Å²) in [7, 11) is 0. The van der Waals surface area contributed by atoms with Crippen molar-refractivity contribution in [3.8, 4) is 5.82 Å². The fourth-order valence-corrected chi connectivity index (χ4v) is 3.34. The van der Waals surface area contributed by atoms with E-state index < -0.39 is 0 Å². The average molecular weight is 378 g/mol. The van der Waals surface area contributed by atoms with Crippen molar-refractivity contribution in [1.82, 2.24) is 19.7 Å². The predicted molar refractivity (Wildman–Crippen MR) is 106 cm³/mol. The minimum absolute atomic E-state index is 0.153. The van der Waals surface area contributed by atoms with E-state index in [2.05, 4.69) is 39.1 Å². The van der Waals surface area contributed by atoms with Crippen molar-refractivity contribution in [2.75, 3.05) is 23.3 Å². The Morgan fingerprint density at radius 3 is 2.61 bits per heavy atom. The maximum absolute atomic E-state index is 12.7. The fourth-order valence-electron chi connectivity index (χ4n) is 3.34. The standard InChI is InChI=1S/C20H22N6O2/c1-14-12-25(13-15(2)28-14)18-7-6-16(11-22-18)20(27)24-17-5-3-8-21-19(17)26-10-4-9-23-26/h3-11,14-15H,12-13H2,1-2H3,(H,24,27)/t14-,15+. The van der Waals surface area contributed by atoms with Crippen LogP contribution in [0.4, 0.5) is 11.5 Å². The third-order valence-electron chi connectivity index (χ3n) is 4.51. The van der Waals surface area contributed by atoms with Crippen LogP contribution in [0, 0.1) is 0 Å². The van der Waals surface area contributed by atoms with Crippen LogP contribution < -0.4 is 10.2 Å². The zero-order valence-electron chi connectivity index (χ0n) is 15.8. The van der Waals surface area contributed by atoms with Crippen LogP contribution in [0.15, 0.2) is 55.1 Å². The molecule has 3 aromatic rings. The van der Waals surface area contributed by atoms with E-state index in [1.54, 1.807) is 53.7 Å². The molecule has 1 amide bonds. The van der Waals surface area contributed by atoms with Gasteiger partial charge in [0.2, 0.25) is 0 Å². The van der Waals surface area contributed by atoms with Gasteiger partial charge in [0.15, 0.2) is 5.82 Å². The first-order valence-corrected chi connectivity index (χ1v) is 9.23. The molecule has 3 aromatic heterocycles. The van der Waals surface area contributed by atoms with Crippen LogP contribution in [0.3, 0.4) is 0 Å². The van der Waals surface area contributed by atoms with Gasteiger partial charge in [-0.2, -0.15) is 5.10 Å². The number of carbonyl (C=O) groups is 1. The number of carbonyl (C=O) groups excluding carboxylic acids is 1. The quantitative estimate of drug-likeness (QED) is 0.751. The van der Waals surface area contributed by atoms with Gasteiger partial charge >= 0.3 is 0 Å². The summed E-state index contributed by atoms with van der Waals surface area (Å²) in [6.07, 6.45) is 7.00. The Kier molecular flexibility index (Phi) is 5.03. The van der Waals surface area contributed by atoms with Crippen molar-refractivity contribution in [3.05, 3.63) is 60.7 Å². The van der Waals surface area contributed by atoms with Gasteiger partial charge in [-0.15, -0.1) is 0 Å². The maximum atomic E-state index is 12.7. The van der Waals surface area contributed by atoms with Crippen LogP contribution in [0.5, 0.6) is 0 Å². The first-order chi connectivity index (χ1) is 13.6. The number of anilines is 2. The van der Waals surface area contributed by atoms with Crippen molar-refractivity contribution in [2.45, 2.75) is 26.1 Å². The molecule has 28 heavy (non-hydrogen) atoms. The van der Waals surface area contributed by atoms with Crippen LogP contribution in [-0.2, 0) is 4.74 Å². The number of ether oxygens (including phenoxy) is 1. The third-order valence-corrected chi connectivity index (χ3v) is 4.51. The first kappa shape index (κ1) is 18.1. The fraction of sp³-hybridized carbons (Fsp3) is 0.300. The van der Waals surface area contributed by atoms with Gasteiger partial charge in [-0.3, -0.25) is 4.79 Å². The summed E-state index contributed by atoms with van der Waals surface area (Å²) in [5.41, 5.74) is 1.06. The number of hydrogen-bond acceptors (Lipinski definition) is 6. The molecule has 0 bridgehead atoms. The number of nitrogens with one attached hydrogen (secondary N) is 1. The van der Waals surface area contributed by atoms with Crippen molar-refractivity contribution < 1.29 is 9.53 Å². The van der Waals surface area contributed by atoms with Gasteiger partial charge in [0, 0.05) is 37.9 Å². The van der Waals surface area contributed by atoms with Crippen LogP contribution in [0.25, 0.3) is 5.82 Å². The molecule has 0 spiro atoms. The van der Waals surface area contributed by atoms with E-state index >= 15 is 0 Å². The highest BCUT2D eigenvalue weighted by atomic mass is 16.5. The predicted octanol–water partition coefficient (Wildman–Crippen LogP) is 2.53. The number of morpholine rings is 1. The zero-order valence-corrected chi connectivity index (χ0v) is 15.8. The van der Waals surface area contributed by atoms with E-state index in [9.17, 15) is 4.79 Å². The highest BCUT2D eigenvalue weighted by Gasteiger charge is 2.23. The van der Waals surface area contributed by atoms with Gasteiger partial charge in [-0.25, -0.2) is 14.6 Å². The lowest BCUT2D eigenvalue weighted by Crippen LogP contribution is -2.45. The van der Waals surface area contributed by atoms with Crippen LogP contribution in [0.1, 0.15) is 24.2 Å². The lowest BCUT2D eigenvalue weighted by molar-refractivity contribution is -0.00546. The van der Waals surface area contributed by atoms with Gasteiger partial charge in [0.1, 0.15) is 5.82 Å². The molecule has 0 radical (unpaired) electrons. The molecule has 4 heterocycles. The molecule has 8 nitrogen and oxygen atoms in total. The molecule has 0 aromatic carbocycles. The molecule has 1 aliphatic rings. The Morgan fingerprint density at radius 1 is 1.11 bits per heavy atom. The van der Waals surface area contributed by atoms with Gasteiger partial charge in [0.05, 0.1) is 23.5 Å². The molecular formula is C20H22N6O2. The lowest BCUT2D eigenvalue weighted by Gasteiger charge is -2.36. The van der Waals surface area contributed by atoms with Crippen LogP contribution in [0.2, 0.25) is 0 Å². The Hall–Kier alpha value is -3.26. The minimum atomic E-state index is -0.246. The van der Waals surface area contributed by atoms with Gasteiger partial charge in [-0.05, 0) is 44.2 Å². The lowest BCUT2D eigenvalue weighted by atomic mass is 10.2. The number of amides is 1.